The predicted octanol–water partition coefficient (Wildman–Crippen LogP) is 3.40. The molecule has 1 aromatic heterocycles. The maximum absolute atomic E-state index is 2.32. The van der Waals surface area contributed by atoms with Crippen molar-refractivity contribution in [1.29, 1.82) is 0 Å². The summed E-state index contributed by atoms with van der Waals surface area (Å²) in [5, 5.41) is 1.32. The molecule has 1 heterocycles. The Kier molecular flexibility index (Phi) is 3.55. The van der Waals surface area contributed by atoms with E-state index in [0.717, 1.165) is 0 Å². The number of fused-ring (bicyclic) bond motifs is 1. The summed E-state index contributed by atoms with van der Waals surface area (Å²) < 4.78 is 2.32. The lowest BCUT2D eigenvalue weighted by atomic mass is 10.1. The van der Waals surface area contributed by atoms with Gasteiger partial charge in [-0.15, -0.1) is 0 Å². The molecule has 1 heteroatoms. The second-order valence-corrected chi connectivity index (χ2v) is 4.40. The van der Waals surface area contributed by atoms with E-state index in [9.17, 15) is 0 Å². The second kappa shape index (κ2) is 5.11. The Labute approximate surface area is 97.7 Å². The molecule has 2 rings (SSSR count). The molecule has 0 N–H and O–H groups in total. The third kappa shape index (κ3) is 2.24. The summed E-state index contributed by atoms with van der Waals surface area (Å²) in [4.78, 5) is 0. The largest absolute Gasteiger partial charge is 0.212 e. The van der Waals surface area contributed by atoms with Crippen molar-refractivity contribution < 1.29 is 4.57 Å². The Morgan fingerprint density at radius 1 is 1.00 bits per heavy atom. The fourth-order valence-corrected chi connectivity index (χ4v) is 2.19. The minimum atomic E-state index is 1.19. The number of nitrogens with zero attached hydrogens (tertiary/aromatic N) is 1. The summed E-state index contributed by atoms with van der Waals surface area (Å²) in [7, 11) is 2.17. The number of benzene rings is 1. The molecule has 16 heavy (non-hydrogen) atoms. The molecule has 0 bridgehead atoms. The van der Waals surface area contributed by atoms with Crippen molar-refractivity contribution in [2.45, 2.75) is 32.6 Å². The molecular weight excluding hydrogens is 194 g/mol. The summed E-state index contributed by atoms with van der Waals surface area (Å²) in [5.41, 5.74) is 2.77. The van der Waals surface area contributed by atoms with Crippen LogP contribution in [0.25, 0.3) is 10.9 Å². The molecule has 0 aliphatic heterocycles. The number of hydrogen-bond acceptors (Lipinski definition) is 0. The minimum absolute atomic E-state index is 1.19. The molecule has 0 unspecified atom stereocenters. The molecule has 0 atom stereocenters. The number of para-hydroxylation sites is 1. The van der Waals surface area contributed by atoms with Crippen LogP contribution in [0.3, 0.4) is 0 Å². The molecule has 0 aliphatic rings. The van der Waals surface area contributed by atoms with Gasteiger partial charge in [-0.1, -0.05) is 31.9 Å². The lowest BCUT2D eigenvalue weighted by Gasteiger charge is -2.02. The topological polar surface area (TPSA) is 3.88 Å². The number of hydrogen-bond donors (Lipinski definition) is 0. The van der Waals surface area contributed by atoms with E-state index in [1.54, 1.807) is 0 Å². The van der Waals surface area contributed by atoms with Gasteiger partial charge in [0.05, 0.1) is 0 Å². The van der Waals surface area contributed by atoms with Crippen molar-refractivity contribution in [3.8, 4) is 0 Å². The first-order valence-corrected chi connectivity index (χ1v) is 6.19. The quantitative estimate of drug-likeness (QED) is 0.542. The number of aromatic nitrogens is 1. The van der Waals surface area contributed by atoms with Gasteiger partial charge in [0.2, 0.25) is 5.52 Å². The standard InChI is InChI=1S/C15H20N/c1-3-4-5-9-14-12-11-13-8-6-7-10-15(13)16(14)2/h6-8,10-12H,3-5,9H2,1-2H3/q+1. The van der Waals surface area contributed by atoms with Gasteiger partial charge in [0.15, 0.2) is 5.69 Å². The zero-order valence-corrected chi connectivity index (χ0v) is 10.2. The lowest BCUT2D eigenvalue weighted by Crippen LogP contribution is -2.34. The van der Waals surface area contributed by atoms with Crippen molar-refractivity contribution in [2.75, 3.05) is 0 Å². The van der Waals surface area contributed by atoms with Gasteiger partial charge in [-0.05, 0) is 18.6 Å². The van der Waals surface area contributed by atoms with E-state index in [2.05, 4.69) is 54.9 Å². The van der Waals surface area contributed by atoms with Gasteiger partial charge in [-0.25, -0.2) is 0 Å². The predicted molar refractivity (Wildman–Crippen MR) is 68.4 cm³/mol. The maximum Gasteiger partial charge on any atom is 0.212 e. The van der Waals surface area contributed by atoms with Crippen LogP contribution in [-0.4, -0.2) is 0 Å². The monoisotopic (exact) mass is 214 g/mol. The van der Waals surface area contributed by atoms with Crippen LogP contribution in [0.1, 0.15) is 31.9 Å². The fraction of sp³-hybridized carbons (Fsp3) is 0.400. The molecule has 0 saturated carbocycles. The average molecular weight is 214 g/mol. The summed E-state index contributed by atoms with van der Waals surface area (Å²) in [6, 6.07) is 13.1. The van der Waals surface area contributed by atoms with Gasteiger partial charge < -0.3 is 0 Å². The highest BCUT2D eigenvalue weighted by molar-refractivity contribution is 5.75. The summed E-state index contributed by atoms with van der Waals surface area (Å²) in [6.45, 7) is 2.25. The summed E-state index contributed by atoms with van der Waals surface area (Å²) in [5.74, 6) is 0. The molecule has 0 radical (unpaired) electrons. The van der Waals surface area contributed by atoms with Gasteiger partial charge in [0.1, 0.15) is 7.05 Å². The van der Waals surface area contributed by atoms with Crippen LogP contribution in [-0.2, 0) is 13.5 Å². The van der Waals surface area contributed by atoms with Gasteiger partial charge in [-0.3, -0.25) is 0 Å². The Morgan fingerprint density at radius 3 is 2.62 bits per heavy atom. The molecule has 84 valence electrons. The molecule has 0 fully saturated rings. The molecular formula is C15H20N+. The van der Waals surface area contributed by atoms with E-state index < -0.39 is 0 Å². The van der Waals surface area contributed by atoms with Gasteiger partial charge in [0, 0.05) is 23.9 Å². The highest BCUT2D eigenvalue weighted by Gasteiger charge is 2.09. The van der Waals surface area contributed by atoms with Crippen LogP contribution in [0.2, 0.25) is 0 Å². The molecule has 0 spiro atoms. The Hall–Kier alpha value is -1.37. The molecule has 2 aromatic rings. The zero-order chi connectivity index (χ0) is 11.4. The lowest BCUT2D eigenvalue weighted by molar-refractivity contribution is -0.652. The van der Waals surface area contributed by atoms with Crippen LogP contribution in [0.15, 0.2) is 36.4 Å². The Morgan fingerprint density at radius 2 is 1.81 bits per heavy atom. The van der Waals surface area contributed by atoms with Crippen molar-refractivity contribution in [3.05, 3.63) is 42.1 Å². The highest BCUT2D eigenvalue weighted by atomic mass is 14.9. The average Bonchev–Trinajstić information content (AvgIpc) is 2.33. The first-order chi connectivity index (χ1) is 7.83. The SMILES string of the molecule is CCCCCc1ccc2ccccc2[n+]1C. The minimum Gasteiger partial charge on any atom is -0.198 e. The third-order valence-electron chi connectivity index (χ3n) is 3.22. The van der Waals surface area contributed by atoms with Crippen LogP contribution < -0.4 is 4.57 Å². The van der Waals surface area contributed by atoms with E-state index in [1.165, 1.54) is 42.3 Å². The number of aryl methyl sites for hydroxylation is 2. The Balaban J connectivity index is 2.29. The third-order valence-corrected chi connectivity index (χ3v) is 3.22. The van der Waals surface area contributed by atoms with Gasteiger partial charge in [-0.2, -0.15) is 4.57 Å². The fourth-order valence-electron chi connectivity index (χ4n) is 2.19. The highest BCUT2D eigenvalue weighted by Crippen LogP contribution is 2.11. The summed E-state index contributed by atoms with van der Waals surface area (Å²) >= 11 is 0. The van der Waals surface area contributed by atoms with E-state index in [-0.39, 0.29) is 0 Å². The number of rotatable bonds is 4. The Bertz CT molecular complexity index is 474. The van der Waals surface area contributed by atoms with Crippen molar-refractivity contribution in [3.63, 3.8) is 0 Å². The zero-order valence-electron chi connectivity index (χ0n) is 10.2. The molecule has 0 amide bonds. The van der Waals surface area contributed by atoms with E-state index >= 15 is 0 Å². The molecule has 1 nitrogen and oxygen atoms in total. The first-order valence-electron chi connectivity index (χ1n) is 6.19. The second-order valence-electron chi connectivity index (χ2n) is 4.40. The van der Waals surface area contributed by atoms with Crippen molar-refractivity contribution in [2.24, 2.45) is 7.05 Å². The maximum atomic E-state index is 2.32. The van der Waals surface area contributed by atoms with Crippen molar-refractivity contribution >= 4 is 10.9 Å². The van der Waals surface area contributed by atoms with E-state index in [4.69, 9.17) is 0 Å². The normalized spacial score (nSPS) is 10.9. The van der Waals surface area contributed by atoms with Crippen molar-refractivity contribution in [1.82, 2.24) is 0 Å². The van der Waals surface area contributed by atoms with Crippen LogP contribution >= 0.6 is 0 Å². The van der Waals surface area contributed by atoms with Gasteiger partial charge >= 0.3 is 0 Å². The van der Waals surface area contributed by atoms with Crippen LogP contribution in [0, 0.1) is 0 Å². The van der Waals surface area contributed by atoms with Crippen LogP contribution in [0.5, 0.6) is 0 Å². The first kappa shape index (κ1) is 11.1. The molecule has 0 saturated heterocycles. The number of pyridine rings is 1. The van der Waals surface area contributed by atoms with E-state index in [1.807, 2.05) is 0 Å². The van der Waals surface area contributed by atoms with Gasteiger partial charge in [0.25, 0.3) is 0 Å². The molecule has 1 aromatic carbocycles. The summed E-state index contributed by atoms with van der Waals surface area (Å²) in [6.07, 6.45) is 5.10. The van der Waals surface area contributed by atoms with E-state index in [0.29, 0.717) is 0 Å². The van der Waals surface area contributed by atoms with Crippen LogP contribution in [0.4, 0.5) is 0 Å². The smallest absolute Gasteiger partial charge is 0.198 e. The number of unbranched alkanes of at least 4 members (excludes halogenated alkanes) is 2. The molecule has 0 aliphatic carbocycles.